The van der Waals surface area contributed by atoms with Gasteiger partial charge in [0.1, 0.15) is 5.75 Å². The molecule has 1 aliphatic carbocycles. The van der Waals surface area contributed by atoms with Crippen molar-refractivity contribution in [2.75, 3.05) is 19.4 Å². The number of nitrogen functional groups attached to an aromatic ring is 1. The Kier molecular flexibility index (Phi) is 4.45. The lowest BCUT2D eigenvalue weighted by atomic mass is 10.1. The summed E-state index contributed by atoms with van der Waals surface area (Å²) in [6.07, 6.45) is 2.39. The summed E-state index contributed by atoms with van der Waals surface area (Å²) in [5.41, 5.74) is 6.52. The van der Waals surface area contributed by atoms with Gasteiger partial charge in [0.2, 0.25) is 5.91 Å². The van der Waals surface area contributed by atoms with Crippen molar-refractivity contribution in [3.63, 3.8) is 0 Å². The van der Waals surface area contributed by atoms with Gasteiger partial charge in [-0.15, -0.1) is 0 Å². The first-order chi connectivity index (χ1) is 9.60. The van der Waals surface area contributed by atoms with Crippen LogP contribution in [0.2, 0.25) is 0 Å². The maximum atomic E-state index is 11.9. The zero-order valence-corrected chi connectivity index (χ0v) is 11.4. The van der Waals surface area contributed by atoms with Crippen molar-refractivity contribution in [3.8, 4) is 5.75 Å². The van der Waals surface area contributed by atoms with Crippen molar-refractivity contribution < 1.29 is 14.3 Å². The monoisotopic (exact) mass is 277 g/mol. The van der Waals surface area contributed by atoms with Gasteiger partial charge < -0.3 is 21.1 Å². The minimum atomic E-state index is -0.288. The molecule has 1 aliphatic rings. The Bertz CT molecular complexity index is 512. The Morgan fingerprint density at radius 1 is 1.40 bits per heavy atom. The second-order valence-electron chi connectivity index (χ2n) is 4.80. The van der Waals surface area contributed by atoms with Gasteiger partial charge in [0.25, 0.3) is 5.91 Å². The van der Waals surface area contributed by atoms with Crippen molar-refractivity contribution >= 4 is 17.5 Å². The van der Waals surface area contributed by atoms with Crippen LogP contribution >= 0.6 is 0 Å². The normalized spacial score (nSPS) is 13.7. The van der Waals surface area contributed by atoms with Gasteiger partial charge >= 0.3 is 0 Å². The number of anilines is 1. The molecule has 0 bridgehead atoms. The summed E-state index contributed by atoms with van der Waals surface area (Å²) in [5, 5.41) is 5.54. The molecule has 0 unspecified atom stereocenters. The molecule has 0 aliphatic heterocycles. The van der Waals surface area contributed by atoms with Crippen molar-refractivity contribution in [1.82, 2.24) is 10.6 Å². The molecule has 2 rings (SSSR count). The second-order valence-corrected chi connectivity index (χ2v) is 4.80. The van der Waals surface area contributed by atoms with Crippen molar-refractivity contribution in [2.24, 2.45) is 0 Å². The molecule has 1 fully saturated rings. The largest absolute Gasteiger partial charge is 0.497 e. The highest BCUT2D eigenvalue weighted by Crippen LogP contribution is 2.19. The Balaban J connectivity index is 1.80. The van der Waals surface area contributed by atoms with Gasteiger partial charge in [0, 0.05) is 30.8 Å². The van der Waals surface area contributed by atoms with E-state index in [-0.39, 0.29) is 18.2 Å². The van der Waals surface area contributed by atoms with E-state index in [0.29, 0.717) is 29.6 Å². The van der Waals surface area contributed by atoms with E-state index in [9.17, 15) is 9.59 Å². The summed E-state index contributed by atoms with van der Waals surface area (Å²) in [4.78, 5) is 23.4. The highest BCUT2D eigenvalue weighted by molar-refractivity contribution is 5.99. The number of hydrogen-bond donors (Lipinski definition) is 3. The lowest BCUT2D eigenvalue weighted by Crippen LogP contribution is -2.31. The molecule has 0 heterocycles. The lowest BCUT2D eigenvalue weighted by Gasteiger charge is -2.09. The molecule has 2 amide bonds. The smallest absolute Gasteiger partial charge is 0.253 e. The molecule has 0 atom stereocenters. The molecule has 4 N–H and O–H groups in total. The van der Waals surface area contributed by atoms with Crippen LogP contribution in [-0.2, 0) is 4.79 Å². The van der Waals surface area contributed by atoms with E-state index in [1.165, 1.54) is 7.11 Å². The molecule has 6 heteroatoms. The number of methoxy groups -OCH3 is 1. The summed E-state index contributed by atoms with van der Waals surface area (Å²) in [7, 11) is 1.53. The minimum absolute atomic E-state index is 0.0319. The van der Waals surface area contributed by atoms with E-state index in [1.807, 2.05) is 0 Å². The number of rotatable bonds is 6. The minimum Gasteiger partial charge on any atom is -0.497 e. The Morgan fingerprint density at radius 3 is 2.75 bits per heavy atom. The number of ether oxygens (including phenoxy) is 1. The first-order valence-electron chi connectivity index (χ1n) is 6.61. The molecule has 6 nitrogen and oxygen atoms in total. The maximum Gasteiger partial charge on any atom is 0.253 e. The number of amides is 2. The topological polar surface area (TPSA) is 93.4 Å². The highest BCUT2D eigenvalue weighted by atomic mass is 16.5. The molecular weight excluding hydrogens is 258 g/mol. The van der Waals surface area contributed by atoms with Crippen LogP contribution in [-0.4, -0.2) is 31.5 Å². The molecule has 0 aromatic heterocycles. The lowest BCUT2D eigenvalue weighted by molar-refractivity contribution is -0.121. The van der Waals surface area contributed by atoms with Gasteiger partial charge in [-0.2, -0.15) is 0 Å². The van der Waals surface area contributed by atoms with Gasteiger partial charge in [-0.3, -0.25) is 9.59 Å². The quantitative estimate of drug-likeness (QED) is 0.666. The Labute approximate surface area is 117 Å². The van der Waals surface area contributed by atoms with Gasteiger partial charge in [-0.05, 0) is 25.0 Å². The molecular formula is C14H19N3O3. The van der Waals surface area contributed by atoms with Crippen LogP contribution in [0.3, 0.4) is 0 Å². The zero-order valence-electron chi connectivity index (χ0n) is 11.4. The summed E-state index contributed by atoms with van der Waals surface area (Å²) >= 11 is 0. The summed E-state index contributed by atoms with van der Waals surface area (Å²) in [5.74, 6) is 0.280. The Hall–Kier alpha value is -2.24. The van der Waals surface area contributed by atoms with Gasteiger partial charge in [-0.1, -0.05) is 0 Å². The van der Waals surface area contributed by atoms with Gasteiger partial charge in [-0.25, -0.2) is 0 Å². The predicted octanol–water partition coefficient (Wildman–Crippen LogP) is 0.676. The average molecular weight is 277 g/mol. The summed E-state index contributed by atoms with van der Waals surface area (Å²) in [6.45, 7) is 0.294. The number of carbonyl (C=O) groups is 2. The SMILES string of the molecule is COc1ccc(C(=O)NCCC(=O)NC2CC2)c(N)c1. The third-order valence-corrected chi connectivity index (χ3v) is 3.08. The number of hydrogen-bond acceptors (Lipinski definition) is 4. The van der Waals surface area contributed by atoms with E-state index in [0.717, 1.165) is 12.8 Å². The summed E-state index contributed by atoms with van der Waals surface area (Å²) in [6, 6.07) is 5.21. The van der Waals surface area contributed by atoms with Crippen molar-refractivity contribution in [3.05, 3.63) is 23.8 Å². The fraction of sp³-hybridized carbons (Fsp3) is 0.429. The number of nitrogens with one attached hydrogen (secondary N) is 2. The third-order valence-electron chi connectivity index (χ3n) is 3.08. The number of carbonyl (C=O) groups excluding carboxylic acids is 2. The van der Waals surface area contributed by atoms with Crippen molar-refractivity contribution in [1.29, 1.82) is 0 Å². The van der Waals surface area contributed by atoms with Crippen LogP contribution in [0.4, 0.5) is 5.69 Å². The molecule has 0 radical (unpaired) electrons. The molecule has 0 spiro atoms. The fourth-order valence-corrected chi connectivity index (χ4v) is 1.79. The van der Waals surface area contributed by atoms with E-state index in [1.54, 1.807) is 18.2 Å². The van der Waals surface area contributed by atoms with Crippen LogP contribution in [0.5, 0.6) is 5.75 Å². The predicted molar refractivity (Wildman–Crippen MR) is 75.5 cm³/mol. The first kappa shape index (κ1) is 14.2. The third kappa shape index (κ3) is 3.88. The zero-order chi connectivity index (χ0) is 14.5. The van der Waals surface area contributed by atoms with Crippen LogP contribution in [0.25, 0.3) is 0 Å². The van der Waals surface area contributed by atoms with Crippen LogP contribution in [0, 0.1) is 0 Å². The van der Waals surface area contributed by atoms with E-state index >= 15 is 0 Å². The standard InChI is InChI=1S/C14H19N3O3/c1-20-10-4-5-11(12(15)8-10)14(19)16-7-6-13(18)17-9-2-3-9/h4-5,8-9H,2-3,6-7,15H2,1H3,(H,16,19)(H,17,18). The van der Waals surface area contributed by atoms with Crippen LogP contribution in [0.1, 0.15) is 29.6 Å². The Morgan fingerprint density at radius 2 is 2.15 bits per heavy atom. The second kappa shape index (κ2) is 6.27. The van der Waals surface area contributed by atoms with Gasteiger partial charge in [0.05, 0.1) is 12.7 Å². The number of benzene rings is 1. The van der Waals surface area contributed by atoms with E-state index in [2.05, 4.69) is 10.6 Å². The molecule has 108 valence electrons. The first-order valence-corrected chi connectivity index (χ1v) is 6.61. The molecule has 1 aromatic carbocycles. The van der Waals surface area contributed by atoms with Crippen LogP contribution in [0.15, 0.2) is 18.2 Å². The van der Waals surface area contributed by atoms with Crippen molar-refractivity contribution in [2.45, 2.75) is 25.3 Å². The average Bonchev–Trinajstić information content (AvgIpc) is 3.22. The molecule has 1 saturated carbocycles. The fourth-order valence-electron chi connectivity index (χ4n) is 1.79. The number of nitrogens with two attached hydrogens (primary N) is 1. The molecule has 20 heavy (non-hydrogen) atoms. The molecule has 1 aromatic rings. The van der Waals surface area contributed by atoms with E-state index < -0.39 is 0 Å². The van der Waals surface area contributed by atoms with Crippen LogP contribution < -0.4 is 21.1 Å². The summed E-state index contributed by atoms with van der Waals surface area (Å²) < 4.78 is 5.02. The maximum absolute atomic E-state index is 11.9. The highest BCUT2D eigenvalue weighted by Gasteiger charge is 2.22. The molecule has 0 saturated heterocycles. The van der Waals surface area contributed by atoms with E-state index in [4.69, 9.17) is 10.5 Å². The van der Waals surface area contributed by atoms with Gasteiger partial charge in [0.15, 0.2) is 0 Å².